The summed E-state index contributed by atoms with van der Waals surface area (Å²) in [5.74, 6) is 1.71. The van der Waals surface area contributed by atoms with Gasteiger partial charge in [-0.3, -0.25) is 0 Å². The van der Waals surface area contributed by atoms with Crippen molar-refractivity contribution >= 4 is 5.69 Å². The van der Waals surface area contributed by atoms with Gasteiger partial charge in [-0.15, -0.1) is 0 Å². The van der Waals surface area contributed by atoms with Crippen LogP contribution in [0.1, 0.15) is 11.1 Å². The van der Waals surface area contributed by atoms with Crippen molar-refractivity contribution in [2.24, 2.45) is 0 Å². The van der Waals surface area contributed by atoms with Crippen LogP contribution < -0.4 is 10.1 Å². The predicted molar refractivity (Wildman–Crippen MR) is 91.5 cm³/mol. The molecule has 0 fully saturated rings. The number of hydrogen-bond acceptors (Lipinski definition) is 2. The van der Waals surface area contributed by atoms with Crippen LogP contribution in [0.2, 0.25) is 0 Å². The lowest BCUT2D eigenvalue weighted by Crippen LogP contribution is -1.99. The van der Waals surface area contributed by atoms with Crippen LogP contribution in [0.4, 0.5) is 5.69 Å². The normalized spacial score (nSPS) is 10.2. The van der Waals surface area contributed by atoms with E-state index in [2.05, 4.69) is 48.6 Å². The number of rotatable bonds is 5. The van der Waals surface area contributed by atoms with E-state index < -0.39 is 0 Å². The summed E-state index contributed by atoms with van der Waals surface area (Å²) in [4.78, 5) is 0. The molecular formula is C20H19NO. The zero-order chi connectivity index (χ0) is 15.2. The molecule has 0 heterocycles. The summed E-state index contributed by atoms with van der Waals surface area (Å²) in [6.45, 7) is 2.86. The van der Waals surface area contributed by atoms with Crippen molar-refractivity contribution in [2.45, 2.75) is 13.5 Å². The molecule has 0 aromatic heterocycles. The lowest BCUT2D eigenvalue weighted by Gasteiger charge is -2.09. The molecule has 0 atom stereocenters. The van der Waals surface area contributed by atoms with Gasteiger partial charge in [0.15, 0.2) is 0 Å². The van der Waals surface area contributed by atoms with Crippen molar-refractivity contribution in [3.05, 3.63) is 90.0 Å². The summed E-state index contributed by atoms with van der Waals surface area (Å²) in [7, 11) is 0. The van der Waals surface area contributed by atoms with Crippen molar-refractivity contribution in [1.29, 1.82) is 0 Å². The Balaban J connectivity index is 1.65. The lowest BCUT2D eigenvalue weighted by molar-refractivity contribution is 0.482. The summed E-state index contributed by atoms with van der Waals surface area (Å²) in [6, 6.07) is 26.4. The molecule has 0 aliphatic rings. The molecule has 0 radical (unpaired) electrons. The molecule has 0 saturated carbocycles. The fourth-order valence-corrected chi connectivity index (χ4v) is 2.22. The number of hydrogen-bond donors (Lipinski definition) is 1. The molecule has 0 unspecified atom stereocenters. The number of anilines is 1. The molecule has 0 bridgehead atoms. The van der Waals surface area contributed by atoms with E-state index in [-0.39, 0.29) is 0 Å². The van der Waals surface area contributed by atoms with Crippen LogP contribution in [0.15, 0.2) is 78.9 Å². The van der Waals surface area contributed by atoms with E-state index in [0.717, 1.165) is 23.7 Å². The highest BCUT2D eigenvalue weighted by molar-refractivity contribution is 5.45. The predicted octanol–water partition coefficient (Wildman–Crippen LogP) is 5.40. The first-order valence-corrected chi connectivity index (χ1v) is 7.42. The van der Waals surface area contributed by atoms with Crippen LogP contribution in [0.3, 0.4) is 0 Å². The van der Waals surface area contributed by atoms with Crippen LogP contribution in [0.5, 0.6) is 11.5 Å². The molecule has 0 amide bonds. The smallest absolute Gasteiger partial charge is 0.127 e. The topological polar surface area (TPSA) is 21.3 Å². The largest absolute Gasteiger partial charge is 0.457 e. The molecule has 0 saturated heterocycles. The van der Waals surface area contributed by atoms with Gasteiger partial charge in [-0.05, 0) is 48.9 Å². The van der Waals surface area contributed by atoms with E-state index in [1.165, 1.54) is 11.1 Å². The maximum absolute atomic E-state index is 5.86. The van der Waals surface area contributed by atoms with Gasteiger partial charge in [0, 0.05) is 12.2 Å². The maximum Gasteiger partial charge on any atom is 0.127 e. The summed E-state index contributed by atoms with van der Waals surface area (Å²) >= 11 is 0. The van der Waals surface area contributed by atoms with Gasteiger partial charge < -0.3 is 10.1 Å². The Bertz CT molecular complexity index is 720. The van der Waals surface area contributed by atoms with Gasteiger partial charge >= 0.3 is 0 Å². The Morgan fingerprint density at radius 3 is 2.27 bits per heavy atom. The molecule has 0 aliphatic heterocycles. The maximum atomic E-state index is 5.86. The molecule has 1 N–H and O–H groups in total. The Kier molecular flexibility index (Phi) is 4.40. The van der Waals surface area contributed by atoms with E-state index in [1.54, 1.807) is 0 Å². The minimum atomic E-state index is 0.773. The second-order valence-corrected chi connectivity index (χ2v) is 5.28. The molecule has 3 aromatic rings. The van der Waals surface area contributed by atoms with E-state index in [4.69, 9.17) is 4.74 Å². The fourth-order valence-electron chi connectivity index (χ4n) is 2.22. The first kappa shape index (κ1) is 14.2. The van der Waals surface area contributed by atoms with Crippen molar-refractivity contribution in [2.75, 3.05) is 5.32 Å². The monoisotopic (exact) mass is 289 g/mol. The number of nitrogens with one attached hydrogen (secondary N) is 1. The van der Waals surface area contributed by atoms with Gasteiger partial charge in [0.05, 0.1) is 0 Å². The van der Waals surface area contributed by atoms with Crippen LogP contribution in [0, 0.1) is 6.92 Å². The lowest BCUT2D eigenvalue weighted by atomic mass is 10.2. The molecule has 22 heavy (non-hydrogen) atoms. The summed E-state index contributed by atoms with van der Waals surface area (Å²) < 4.78 is 5.86. The Morgan fingerprint density at radius 1 is 0.773 bits per heavy atom. The third kappa shape index (κ3) is 3.89. The molecule has 0 aliphatic carbocycles. The standard InChI is InChI=1S/C20H19NO/c1-16-10-12-18(13-11-16)21-15-17-6-5-9-20(14-17)22-19-7-3-2-4-8-19/h2-14,21H,15H2,1H3. The number of benzene rings is 3. The van der Waals surface area contributed by atoms with Crippen LogP contribution in [0.25, 0.3) is 0 Å². The fraction of sp³-hybridized carbons (Fsp3) is 0.100. The highest BCUT2D eigenvalue weighted by Crippen LogP contribution is 2.22. The average molecular weight is 289 g/mol. The van der Waals surface area contributed by atoms with Gasteiger partial charge in [0.25, 0.3) is 0 Å². The van der Waals surface area contributed by atoms with Crippen molar-refractivity contribution in [3.63, 3.8) is 0 Å². The first-order chi connectivity index (χ1) is 10.8. The van der Waals surface area contributed by atoms with Gasteiger partial charge in [-0.25, -0.2) is 0 Å². The summed E-state index contributed by atoms with van der Waals surface area (Å²) in [5.41, 5.74) is 3.58. The molecule has 2 heteroatoms. The number of ether oxygens (including phenoxy) is 1. The van der Waals surface area contributed by atoms with E-state index in [1.807, 2.05) is 42.5 Å². The summed E-state index contributed by atoms with van der Waals surface area (Å²) in [6.07, 6.45) is 0. The quantitative estimate of drug-likeness (QED) is 0.679. The molecule has 2 nitrogen and oxygen atoms in total. The second-order valence-electron chi connectivity index (χ2n) is 5.28. The van der Waals surface area contributed by atoms with Gasteiger partial charge in [0.1, 0.15) is 11.5 Å². The van der Waals surface area contributed by atoms with Crippen LogP contribution in [-0.4, -0.2) is 0 Å². The summed E-state index contributed by atoms with van der Waals surface area (Å²) in [5, 5.41) is 3.42. The highest BCUT2D eigenvalue weighted by Gasteiger charge is 1.99. The molecule has 3 rings (SSSR count). The van der Waals surface area contributed by atoms with Gasteiger partial charge in [-0.1, -0.05) is 48.0 Å². The van der Waals surface area contributed by atoms with Crippen LogP contribution >= 0.6 is 0 Å². The van der Waals surface area contributed by atoms with Crippen molar-refractivity contribution in [3.8, 4) is 11.5 Å². The molecular weight excluding hydrogens is 270 g/mol. The Morgan fingerprint density at radius 2 is 1.50 bits per heavy atom. The number of para-hydroxylation sites is 1. The Labute approximate surface area is 131 Å². The molecule has 0 spiro atoms. The zero-order valence-electron chi connectivity index (χ0n) is 12.6. The molecule has 110 valence electrons. The van der Waals surface area contributed by atoms with E-state index in [0.29, 0.717) is 0 Å². The van der Waals surface area contributed by atoms with E-state index in [9.17, 15) is 0 Å². The zero-order valence-corrected chi connectivity index (χ0v) is 12.6. The van der Waals surface area contributed by atoms with Gasteiger partial charge in [0.2, 0.25) is 0 Å². The minimum Gasteiger partial charge on any atom is -0.457 e. The van der Waals surface area contributed by atoms with Crippen LogP contribution in [-0.2, 0) is 6.54 Å². The van der Waals surface area contributed by atoms with Crippen molar-refractivity contribution < 1.29 is 4.74 Å². The third-order valence-corrected chi connectivity index (χ3v) is 3.43. The first-order valence-electron chi connectivity index (χ1n) is 7.42. The number of aryl methyl sites for hydroxylation is 1. The van der Waals surface area contributed by atoms with Crippen molar-refractivity contribution in [1.82, 2.24) is 0 Å². The second kappa shape index (κ2) is 6.81. The molecule has 3 aromatic carbocycles. The Hall–Kier alpha value is -2.74. The van der Waals surface area contributed by atoms with E-state index >= 15 is 0 Å². The highest BCUT2D eigenvalue weighted by atomic mass is 16.5. The SMILES string of the molecule is Cc1ccc(NCc2cccc(Oc3ccccc3)c2)cc1. The van der Waals surface area contributed by atoms with Gasteiger partial charge in [-0.2, -0.15) is 0 Å². The average Bonchev–Trinajstić information content (AvgIpc) is 2.56. The third-order valence-electron chi connectivity index (χ3n) is 3.43. The minimum absolute atomic E-state index is 0.773.